The monoisotopic (exact) mass is 399 g/mol. The van der Waals surface area contributed by atoms with Crippen LogP contribution in [-0.4, -0.2) is 40.0 Å². The first kappa shape index (κ1) is 23.1. The predicted octanol–water partition coefficient (Wildman–Crippen LogP) is 2.71. The molecule has 29 heavy (non-hydrogen) atoms. The summed E-state index contributed by atoms with van der Waals surface area (Å²) in [6.45, 7) is 2.58. The number of amides is 1. The molecular formula is C24H33NO4. The fraction of sp³-hybridized carbons (Fsp3) is 0.458. The molecule has 1 atom stereocenters. The minimum absolute atomic E-state index is 0.0344. The number of aliphatic hydroxyl groups is 3. The molecule has 0 aliphatic carbocycles. The molecule has 0 fully saturated rings. The quantitative estimate of drug-likeness (QED) is 0.468. The second kappa shape index (κ2) is 11.1. The minimum atomic E-state index is -1.24. The summed E-state index contributed by atoms with van der Waals surface area (Å²) in [4.78, 5) is 11.4. The number of aryl methyl sites for hydroxylation is 3. The molecule has 0 aliphatic rings. The van der Waals surface area contributed by atoms with E-state index >= 15 is 0 Å². The SMILES string of the molecule is CCc1ccc(CCCc2ccc(C(O)CC(CO)(CO)NC(C)=O)cc2)cc1. The van der Waals surface area contributed by atoms with Gasteiger partial charge >= 0.3 is 0 Å². The van der Waals surface area contributed by atoms with Crippen molar-refractivity contribution in [3.63, 3.8) is 0 Å². The Morgan fingerprint density at radius 3 is 1.86 bits per heavy atom. The zero-order valence-electron chi connectivity index (χ0n) is 17.4. The molecule has 158 valence electrons. The Kier molecular flexibility index (Phi) is 8.83. The summed E-state index contributed by atoms with van der Waals surface area (Å²) in [5.74, 6) is -0.361. The molecule has 2 aromatic rings. The first-order chi connectivity index (χ1) is 13.9. The second-order valence-corrected chi connectivity index (χ2v) is 7.76. The van der Waals surface area contributed by atoms with E-state index in [0.29, 0.717) is 5.56 Å². The van der Waals surface area contributed by atoms with Crippen molar-refractivity contribution >= 4 is 5.91 Å². The zero-order valence-corrected chi connectivity index (χ0v) is 17.4. The van der Waals surface area contributed by atoms with Gasteiger partial charge in [-0.05, 0) is 47.9 Å². The van der Waals surface area contributed by atoms with E-state index in [0.717, 1.165) is 25.7 Å². The van der Waals surface area contributed by atoms with E-state index in [9.17, 15) is 20.1 Å². The van der Waals surface area contributed by atoms with Gasteiger partial charge in [-0.2, -0.15) is 0 Å². The van der Waals surface area contributed by atoms with Gasteiger partial charge in [0.15, 0.2) is 0 Å². The van der Waals surface area contributed by atoms with Crippen LogP contribution in [0.15, 0.2) is 48.5 Å². The van der Waals surface area contributed by atoms with Crippen molar-refractivity contribution in [2.24, 2.45) is 0 Å². The number of aliphatic hydroxyl groups excluding tert-OH is 3. The van der Waals surface area contributed by atoms with E-state index in [4.69, 9.17) is 0 Å². The summed E-state index contributed by atoms with van der Waals surface area (Å²) < 4.78 is 0. The van der Waals surface area contributed by atoms with Crippen LogP contribution in [0, 0.1) is 0 Å². The highest BCUT2D eigenvalue weighted by atomic mass is 16.3. The van der Waals surface area contributed by atoms with Crippen LogP contribution in [0.4, 0.5) is 0 Å². The highest BCUT2D eigenvalue weighted by molar-refractivity contribution is 5.73. The minimum Gasteiger partial charge on any atom is -0.394 e. The van der Waals surface area contributed by atoms with Crippen LogP contribution in [0.2, 0.25) is 0 Å². The molecule has 5 heteroatoms. The van der Waals surface area contributed by atoms with Gasteiger partial charge in [0.25, 0.3) is 0 Å². The van der Waals surface area contributed by atoms with Gasteiger partial charge in [0.2, 0.25) is 5.91 Å². The maximum Gasteiger partial charge on any atom is 0.217 e. The summed E-state index contributed by atoms with van der Waals surface area (Å²) in [5.41, 5.74) is 3.35. The largest absolute Gasteiger partial charge is 0.394 e. The molecule has 5 nitrogen and oxygen atoms in total. The Labute approximate surface area is 173 Å². The van der Waals surface area contributed by atoms with Gasteiger partial charge in [0.1, 0.15) is 0 Å². The van der Waals surface area contributed by atoms with E-state index in [1.54, 1.807) is 0 Å². The van der Waals surface area contributed by atoms with Gasteiger partial charge in [0.05, 0.1) is 24.9 Å². The molecule has 0 heterocycles. The Morgan fingerprint density at radius 1 is 0.931 bits per heavy atom. The average molecular weight is 400 g/mol. The maximum absolute atomic E-state index is 11.4. The predicted molar refractivity (Wildman–Crippen MR) is 115 cm³/mol. The van der Waals surface area contributed by atoms with Crippen molar-refractivity contribution in [1.29, 1.82) is 0 Å². The van der Waals surface area contributed by atoms with Gasteiger partial charge in [-0.1, -0.05) is 55.5 Å². The number of nitrogens with one attached hydrogen (secondary N) is 1. The Morgan fingerprint density at radius 2 is 1.41 bits per heavy atom. The van der Waals surface area contributed by atoms with Crippen LogP contribution in [0.5, 0.6) is 0 Å². The van der Waals surface area contributed by atoms with Gasteiger partial charge in [-0.3, -0.25) is 4.79 Å². The maximum atomic E-state index is 11.4. The molecule has 0 aliphatic heterocycles. The number of carbonyl (C=O) groups is 1. The van der Waals surface area contributed by atoms with Crippen molar-refractivity contribution in [2.75, 3.05) is 13.2 Å². The molecule has 1 amide bonds. The Bertz CT molecular complexity index is 751. The summed E-state index contributed by atoms with van der Waals surface area (Å²) >= 11 is 0. The number of benzene rings is 2. The summed E-state index contributed by atoms with van der Waals surface area (Å²) in [6.07, 6.45) is 3.23. The Balaban J connectivity index is 1.90. The molecule has 0 radical (unpaired) electrons. The van der Waals surface area contributed by atoms with Gasteiger partial charge in [-0.25, -0.2) is 0 Å². The van der Waals surface area contributed by atoms with E-state index in [2.05, 4.69) is 36.5 Å². The van der Waals surface area contributed by atoms with Crippen LogP contribution in [0.1, 0.15) is 55.0 Å². The summed E-state index contributed by atoms with van der Waals surface area (Å²) in [7, 11) is 0. The Hall–Kier alpha value is -2.21. The lowest BCUT2D eigenvalue weighted by atomic mass is 9.90. The third-order valence-corrected chi connectivity index (χ3v) is 5.36. The molecule has 2 aromatic carbocycles. The van der Waals surface area contributed by atoms with Crippen LogP contribution in [0.3, 0.4) is 0 Å². The van der Waals surface area contributed by atoms with Crippen molar-refractivity contribution < 1.29 is 20.1 Å². The van der Waals surface area contributed by atoms with Crippen LogP contribution >= 0.6 is 0 Å². The van der Waals surface area contributed by atoms with Crippen LogP contribution in [-0.2, 0) is 24.1 Å². The summed E-state index contributed by atoms with van der Waals surface area (Å²) in [5, 5.41) is 32.3. The molecule has 0 saturated heterocycles. The topological polar surface area (TPSA) is 89.8 Å². The first-order valence-electron chi connectivity index (χ1n) is 10.3. The first-order valence-corrected chi connectivity index (χ1v) is 10.3. The molecular weight excluding hydrogens is 366 g/mol. The van der Waals surface area contributed by atoms with Crippen LogP contribution in [0.25, 0.3) is 0 Å². The van der Waals surface area contributed by atoms with Gasteiger partial charge < -0.3 is 20.6 Å². The normalized spacial score (nSPS) is 12.6. The van der Waals surface area contributed by atoms with Crippen LogP contribution < -0.4 is 5.32 Å². The van der Waals surface area contributed by atoms with E-state index in [-0.39, 0.29) is 12.3 Å². The van der Waals surface area contributed by atoms with Gasteiger partial charge in [-0.15, -0.1) is 0 Å². The zero-order chi connectivity index (χ0) is 21.3. The molecule has 0 bridgehead atoms. The molecule has 0 aromatic heterocycles. The lowest BCUT2D eigenvalue weighted by Gasteiger charge is -2.32. The van der Waals surface area contributed by atoms with E-state index < -0.39 is 24.9 Å². The molecule has 2 rings (SSSR count). The smallest absolute Gasteiger partial charge is 0.217 e. The lowest BCUT2D eigenvalue weighted by Crippen LogP contribution is -2.54. The number of hydrogen-bond acceptors (Lipinski definition) is 4. The van der Waals surface area contributed by atoms with Crippen molar-refractivity contribution in [3.8, 4) is 0 Å². The number of carbonyl (C=O) groups excluding carboxylic acids is 1. The van der Waals surface area contributed by atoms with Gasteiger partial charge in [0, 0.05) is 13.3 Å². The summed E-state index contributed by atoms with van der Waals surface area (Å²) in [6, 6.07) is 16.5. The second-order valence-electron chi connectivity index (χ2n) is 7.76. The number of hydrogen-bond donors (Lipinski definition) is 4. The highest BCUT2D eigenvalue weighted by Gasteiger charge is 2.32. The van der Waals surface area contributed by atoms with E-state index in [1.807, 2.05) is 24.3 Å². The third kappa shape index (κ3) is 6.96. The van der Waals surface area contributed by atoms with Crippen molar-refractivity contribution in [3.05, 3.63) is 70.8 Å². The molecule has 4 N–H and O–H groups in total. The number of rotatable bonds is 11. The molecule has 0 saturated carbocycles. The average Bonchev–Trinajstić information content (AvgIpc) is 2.73. The fourth-order valence-electron chi connectivity index (χ4n) is 3.52. The molecule has 1 unspecified atom stereocenters. The van der Waals surface area contributed by atoms with E-state index in [1.165, 1.54) is 23.6 Å². The van der Waals surface area contributed by atoms with Crippen molar-refractivity contribution in [2.45, 2.75) is 57.6 Å². The fourth-order valence-corrected chi connectivity index (χ4v) is 3.52. The third-order valence-electron chi connectivity index (χ3n) is 5.36. The van der Waals surface area contributed by atoms with Crippen molar-refractivity contribution in [1.82, 2.24) is 5.32 Å². The standard InChI is InChI=1S/C24H33NO4/c1-3-19-7-9-20(10-8-19)5-4-6-21-11-13-22(14-12-21)23(29)15-24(16-26,17-27)25-18(2)28/h7-14,23,26-27,29H,3-6,15-17H2,1-2H3,(H,25,28). The lowest BCUT2D eigenvalue weighted by molar-refractivity contribution is -0.122. The molecule has 0 spiro atoms. The highest BCUT2D eigenvalue weighted by Crippen LogP contribution is 2.25.